The van der Waals surface area contributed by atoms with Crippen molar-refractivity contribution in [2.75, 3.05) is 11.4 Å². The van der Waals surface area contributed by atoms with Crippen molar-refractivity contribution < 1.29 is 4.79 Å². The molecule has 2 aliphatic rings. The van der Waals surface area contributed by atoms with Crippen molar-refractivity contribution in [1.82, 2.24) is 0 Å². The van der Waals surface area contributed by atoms with Crippen LogP contribution in [0.4, 0.5) is 5.69 Å². The summed E-state index contributed by atoms with van der Waals surface area (Å²) in [6, 6.07) is 8.84. The summed E-state index contributed by atoms with van der Waals surface area (Å²) in [5.41, 5.74) is 2.13. The van der Waals surface area contributed by atoms with E-state index in [0.717, 1.165) is 18.5 Å². The summed E-state index contributed by atoms with van der Waals surface area (Å²) in [4.78, 5) is 14.6. The molecule has 96 valence electrons. The predicted octanol–water partition coefficient (Wildman–Crippen LogP) is 3.80. The van der Waals surface area contributed by atoms with Crippen molar-refractivity contribution >= 4 is 11.5 Å². The summed E-state index contributed by atoms with van der Waals surface area (Å²) in [7, 11) is 0. The third kappa shape index (κ3) is 2.16. The first-order chi connectivity index (χ1) is 8.86. The summed E-state index contributed by atoms with van der Waals surface area (Å²) in [6.07, 6.45) is 8.37. The summed E-state index contributed by atoms with van der Waals surface area (Å²) in [6.45, 7) is 1.05. The van der Waals surface area contributed by atoms with Crippen LogP contribution < -0.4 is 4.90 Å². The van der Waals surface area contributed by atoms with E-state index >= 15 is 0 Å². The highest BCUT2D eigenvalue weighted by Gasteiger charge is 2.26. The molecule has 1 aromatic carbocycles. The van der Waals surface area contributed by atoms with Crippen molar-refractivity contribution in [2.45, 2.75) is 51.0 Å². The number of carbonyl (C=O) groups excluding carboxylic acids is 1. The van der Waals surface area contributed by atoms with E-state index in [9.17, 15) is 4.79 Å². The van der Waals surface area contributed by atoms with Crippen molar-refractivity contribution in [3.05, 3.63) is 29.8 Å². The predicted molar refractivity (Wildman–Crippen MR) is 74.2 cm³/mol. The molecule has 1 aliphatic carbocycles. The van der Waals surface area contributed by atoms with Crippen LogP contribution in [0.1, 0.15) is 55.3 Å². The topological polar surface area (TPSA) is 20.3 Å². The number of fused-ring (bicyclic) bond motifs is 1. The van der Waals surface area contributed by atoms with E-state index < -0.39 is 0 Å². The first kappa shape index (κ1) is 11.8. The Kier molecular flexibility index (Phi) is 3.35. The summed E-state index contributed by atoms with van der Waals surface area (Å²) < 4.78 is 0. The van der Waals surface area contributed by atoms with Gasteiger partial charge >= 0.3 is 0 Å². The number of rotatable bonds is 1. The molecule has 18 heavy (non-hydrogen) atoms. The second-order valence-corrected chi connectivity index (χ2v) is 5.53. The lowest BCUT2D eigenvalue weighted by atomic mass is 9.93. The van der Waals surface area contributed by atoms with Gasteiger partial charge in [0.1, 0.15) is 0 Å². The molecule has 1 aromatic rings. The molecule has 1 fully saturated rings. The van der Waals surface area contributed by atoms with Crippen molar-refractivity contribution in [2.24, 2.45) is 0 Å². The molecule has 1 heterocycles. The minimum Gasteiger partial charge on any atom is -0.368 e. The summed E-state index contributed by atoms with van der Waals surface area (Å²) in [5.74, 6) is 0.323. The van der Waals surface area contributed by atoms with Gasteiger partial charge in [0.2, 0.25) is 0 Å². The SMILES string of the molecule is O=C1CCCN(C2CCCCC2)c2ccccc21. The molecule has 0 atom stereocenters. The molecular weight excluding hydrogens is 222 g/mol. The fraction of sp³-hybridized carbons (Fsp3) is 0.562. The maximum atomic E-state index is 12.1. The normalized spacial score (nSPS) is 21.6. The molecule has 2 nitrogen and oxygen atoms in total. The minimum atomic E-state index is 0.323. The number of para-hydroxylation sites is 1. The van der Waals surface area contributed by atoms with Gasteiger partial charge in [0.25, 0.3) is 0 Å². The molecule has 0 aromatic heterocycles. The van der Waals surface area contributed by atoms with Gasteiger partial charge in [0.05, 0.1) is 0 Å². The second-order valence-electron chi connectivity index (χ2n) is 5.53. The van der Waals surface area contributed by atoms with Crippen LogP contribution in [0.15, 0.2) is 24.3 Å². The van der Waals surface area contributed by atoms with Gasteiger partial charge in [-0.15, -0.1) is 0 Å². The highest BCUT2D eigenvalue weighted by molar-refractivity contribution is 6.02. The molecule has 0 amide bonds. The average molecular weight is 243 g/mol. The van der Waals surface area contributed by atoms with E-state index in [2.05, 4.69) is 17.0 Å². The molecule has 0 spiro atoms. The van der Waals surface area contributed by atoms with Gasteiger partial charge in [-0.05, 0) is 31.4 Å². The Morgan fingerprint density at radius 3 is 2.61 bits per heavy atom. The molecule has 1 saturated carbocycles. The maximum absolute atomic E-state index is 12.1. The highest BCUT2D eigenvalue weighted by atomic mass is 16.1. The van der Waals surface area contributed by atoms with Gasteiger partial charge in [0.15, 0.2) is 5.78 Å². The Labute approximate surface area is 109 Å². The number of carbonyl (C=O) groups is 1. The number of hydrogen-bond donors (Lipinski definition) is 0. The number of ketones is 1. The summed E-state index contributed by atoms with van der Waals surface area (Å²) >= 11 is 0. The van der Waals surface area contributed by atoms with Crippen molar-refractivity contribution in [3.8, 4) is 0 Å². The number of anilines is 1. The Morgan fingerprint density at radius 1 is 1.00 bits per heavy atom. The standard InChI is InChI=1S/C16H21NO/c18-16-11-6-12-17(13-7-2-1-3-8-13)15-10-5-4-9-14(15)16/h4-5,9-10,13H,1-3,6-8,11-12H2. The number of hydrogen-bond acceptors (Lipinski definition) is 2. The van der Waals surface area contributed by atoms with E-state index in [1.165, 1.54) is 37.8 Å². The minimum absolute atomic E-state index is 0.323. The van der Waals surface area contributed by atoms with E-state index in [0.29, 0.717) is 18.2 Å². The van der Waals surface area contributed by atoms with E-state index in [1.807, 2.05) is 12.1 Å². The zero-order valence-corrected chi connectivity index (χ0v) is 10.9. The molecule has 0 bridgehead atoms. The Balaban J connectivity index is 1.94. The zero-order chi connectivity index (χ0) is 12.4. The Morgan fingerprint density at radius 2 is 1.78 bits per heavy atom. The molecule has 0 radical (unpaired) electrons. The Hall–Kier alpha value is -1.31. The molecule has 0 N–H and O–H groups in total. The van der Waals surface area contributed by atoms with Crippen molar-refractivity contribution in [3.63, 3.8) is 0 Å². The lowest BCUT2D eigenvalue weighted by Gasteiger charge is -2.36. The van der Waals surface area contributed by atoms with E-state index in [1.54, 1.807) is 0 Å². The Bertz CT molecular complexity index is 434. The van der Waals surface area contributed by atoms with Crippen LogP contribution >= 0.6 is 0 Å². The van der Waals surface area contributed by atoms with E-state index in [4.69, 9.17) is 0 Å². The zero-order valence-electron chi connectivity index (χ0n) is 10.9. The smallest absolute Gasteiger partial charge is 0.165 e. The van der Waals surface area contributed by atoms with Gasteiger partial charge in [0, 0.05) is 30.3 Å². The lowest BCUT2D eigenvalue weighted by molar-refractivity contribution is 0.0984. The van der Waals surface area contributed by atoms with Crippen LogP contribution in [0.2, 0.25) is 0 Å². The number of Topliss-reactive ketones (excluding diaryl/α,β-unsaturated/α-hetero) is 1. The van der Waals surface area contributed by atoms with Crippen LogP contribution in [-0.4, -0.2) is 18.4 Å². The number of nitrogens with zero attached hydrogens (tertiary/aromatic N) is 1. The van der Waals surface area contributed by atoms with Gasteiger partial charge in [-0.25, -0.2) is 0 Å². The third-order valence-electron chi connectivity index (χ3n) is 4.33. The van der Waals surface area contributed by atoms with Gasteiger partial charge in [-0.3, -0.25) is 4.79 Å². The molecule has 0 saturated heterocycles. The highest BCUT2D eigenvalue weighted by Crippen LogP contribution is 2.32. The lowest BCUT2D eigenvalue weighted by Crippen LogP contribution is -2.37. The van der Waals surface area contributed by atoms with Gasteiger partial charge in [-0.2, -0.15) is 0 Å². The van der Waals surface area contributed by atoms with Crippen LogP contribution in [0.25, 0.3) is 0 Å². The molecule has 3 rings (SSSR count). The largest absolute Gasteiger partial charge is 0.368 e. The third-order valence-corrected chi connectivity index (χ3v) is 4.33. The van der Waals surface area contributed by atoms with Crippen LogP contribution in [0.5, 0.6) is 0 Å². The average Bonchev–Trinajstić information content (AvgIpc) is 2.60. The first-order valence-corrected chi connectivity index (χ1v) is 7.25. The van der Waals surface area contributed by atoms with Crippen LogP contribution in [0, 0.1) is 0 Å². The maximum Gasteiger partial charge on any atom is 0.165 e. The first-order valence-electron chi connectivity index (χ1n) is 7.25. The molecule has 0 unspecified atom stereocenters. The molecule has 2 heteroatoms. The monoisotopic (exact) mass is 243 g/mol. The fourth-order valence-electron chi connectivity index (χ4n) is 3.40. The summed E-state index contributed by atoms with van der Waals surface area (Å²) in [5, 5.41) is 0. The molecular formula is C16H21NO. The van der Waals surface area contributed by atoms with Gasteiger partial charge in [-0.1, -0.05) is 31.4 Å². The number of benzene rings is 1. The quantitative estimate of drug-likeness (QED) is 0.747. The fourth-order valence-corrected chi connectivity index (χ4v) is 3.40. The molecule has 1 aliphatic heterocycles. The van der Waals surface area contributed by atoms with Crippen LogP contribution in [0.3, 0.4) is 0 Å². The van der Waals surface area contributed by atoms with Gasteiger partial charge < -0.3 is 4.90 Å². The van der Waals surface area contributed by atoms with Crippen LogP contribution in [-0.2, 0) is 0 Å². The second kappa shape index (κ2) is 5.13. The van der Waals surface area contributed by atoms with E-state index in [-0.39, 0.29) is 0 Å². The van der Waals surface area contributed by atoms with Crippen molar-refractivity contribution in [1.29, 1.82) is 0 Å².